The van der Waals surface area contributed by atoms with Crippen LogP contribution in [-0.2, 0) is 0 Å². The molecule has 1 saturated heterocycles. The van der Waals surface area contributed by atoms with E-state index in [2.05, 4.69) is 23.7 Å². The van der Waals surface area contributed by atoms with Gasteiger partial charge in [-0.2, -0.15) is 0 Å². The van der Waals surface area contributed by atoms with Crippen molar-refractivity contribution in [1.29, 1.82) is 0 Å². The van der Waals surface area contributed by atoms with Gasteiger partial charge in [0.25, 0.3) is 0 Å². The van der Waals surface area contributed by atoms with Gasteiger partial charge in [0.15, 0.2) is 5.69 Å². The predicted octanol–water partition coefficient (Wildman–Crippen LogP) is 2.02. The lowest BCUT2D eigenvalue weighted by Gasteiger charge is -2.22. The molecule has 16 heavy (non-hydrogen) atoms. The van der Waals surface area contributed by atoms with Gasteiger partial charge in [-0.15, -0.1) is 0 Å². The van der Waals surface area contributed by atoms with E-state index in [1.807, 2.05) is 6.07 Å². The Kier molecular flexibility index (Phi) is 2.58. The monoisotopic (exact) mass is 220 g/mol. The maximum Gasteiger partial charge on any atom is 0.356 e. The average Bonchev–Trinajstić information content (AvgIpc) is 2.59. The molecule has 2 heterocycles. The van der Waals surface area contributed by atoms with Gasteiger partial charge in [-0.25, -0.2) is 9.78 Å². The highest BCUT2D eigenvalue weighted by Gasteiger charge is 2.31. The van der Waals surface area contributed by atoms with Gasteiger partial charge < -0.3 is 10.0 Å². The largest absolute Gasteiger partial charge is 0.476 e. The Balaban J connectivity index is 2.31. The summed E-state index contributed by atoms with van der Waals surface area (Å²) in [5.74, 6) is -0.958. The van der Waals surface area contributed by atoms with Crippen LogP contribution in [0.4, 0.5) is 5.69 Å². The van der Waals surface area contributed by atoms with Gasteiger partial charge in [-0.1, -0.05) is 13.8 Å². The number of pyridine rings is 1. The molecule has 0 bridgehead atoms. The lowest BCUT2D eigenvalue weighted by molar-refractivity contribution is 0.0691. The smallest absolute Gasteiger partial charge is 0.356 e. The van der Waals surface area contributed by atoms with Gasteiger partial charge in [-0.05, 0) is 24.0 Å². The average molecular weight is 220 g/mol. The molecular formula is C12H16N2O2. The third kappa shape index (κ3) is 2.01. The molecule has 0 saturated carbocycles. The fraction of sp³-hybridized carbons (Fsp3) is 0.500. The quantitative estimate of drug-likeness (QED) is 0.828. The third-order valence-corrected chi connectivity index (χ3v) is 3.01. The third-order valence-electron chi connectivity index (χ3n) is 3.01. The minimum Gasteiger partial charge on any atom is -0.476 e. The van der Waals surface area contributed by atoms with Crippen molar-refractivity contribution >= 4 is 11.7 Å². The van der Waals surface area contributed by atoms with Crippen LogP contribution in [0, 0.1) is 5.41 Å². The zero-order valence-corrected chi connectivity index (χ0v) is 9.60. The Bertz CT molecular complexity index is 415. The second kappa shape index (κ2) is 3.77. The minimum atomic E-state index is -0.958. The number of rotatable bonds is 2. The van der Waals surface area contributed by atoms with Crippen LogP contribution < -0.4 is 4.90 Å². The van der Waals surface area contributed by atoms with E-state index in [1.165, 1.54) is 6.20 Å². The highest BCUT2D eigenvalue weighted by Crippen LogP contribution is 2.33. The lowest BCUT2D eigenvalue weighted by Crippen LogP contribution is -2.25. The molecule has 4 heteroatoms. The molecular weight excluding hydrogens is 204 g/mol. The number of anilines is 1. The zero-order valence-electron chi connectivity index (χ0n) is 9.60. The number of nitrogens with zero attached hydrogens (tertiary/aromatic N) is 2. The first-order valence-corrected chi connectivity index (χ1v) is 5.43. The molecule has 0 spiro atoms. The van der Waals surface area contributed by atoms with E-state index in [0.717, 1.165) is 25.2 Å². The maximum absolute atomic E-state index is 11.1. The van der Waals surface area contributed by atoms with Crippen molar-refractivity contribution in [1.82, 2.24) is 4.98 Å². The van der Waals surface area contributed by atoms with Crippen molar-refractivity contribution in [3.63, 3.8) is 0 Å². The fourth-order valence-electron chi connectivity index (χ4n) is 2.13. The standard InChI is InChI=1S/C12H16N2O2/c1-12(2)5-7-14(8-12)9-4-3-6-13-10(9)11(15)16/h3-4,6H,5,7-8H2,1-2H3,(H,15,16). The molecule has 1 fully saturated rings. The summed E-state index contributed by atoms with van der Waals surface area (Å²) in [7, 11) is 0. The van der Waals surface area contributed by atoms with Crippen molar-refractivity contribution in [2.24, 2.45) is 5.41 Å². The Morgan fingerprint density at radius 3 is 2.88 bits per heavy atom. The molecule has 86 valence electrons. The van der Waals surface area contributed by atoms with Crippen molar-refractivity contribution in [3.8, 4) is 0 Å². The van der Waals surface area contributed by atoms with Crippen molar-refractivity contribution in [3.05, 3.63) is 24.0 Å². The summed E-state index contributed by atoms with van der Waals surface area (Å²) >= 11 is 0. The summed E-state index contributed by atoms with van der Waals surface area (Å²) in [6, 6.07) is 3.62. The van der Waals surface area contributed by atoms with Crippen LogP contribution in [0.25, 0.3) is 0 Å². The first-order valence-electron chi connectivity index (χ1n) is 5.43. The predicted molar refractivity (Wildman–Crippen MR) is 61.8 cm³/mol. The van der Waals surface area contributed by atoms with E-state index in [9.17, 15) is 4.79 Å². The van der Waals surface area contributed by atoms with Gasteiger partial charge in [0.1, 0.15) is 0 Å². The van der Waals surface area contributed by atoms with Gasteiger partial charge in [-0.3, -0.25) is 0 Å². The summed E-state index contributed by atoms with van der Waals surface area (Å²) in [6.45, 7) is 6.19. The minimum absolute atomic E-state index is 0.153. The Morgan fingerprint density at radius 1 is 1.56 bits per heavy atom. The van der Waals surface area contributed by atoms with Crippen molar-refractivity contribution in [2.75, 3.05) is 18.0 Å². The van der Waals surface area contributed by atoms with E-state index in [1.54, 1.807) is 6.07 Å². The summed E-state index contributed by atoms with van der Waals surface area (Å²) in [4.78, 5) is 17.1. The summed E-state index contributed by atoms with van der Waals surface area (Å²) in [5, 5.41) is 9.07. The molecule has 0 unspecified atom stereocenters. The molecule has 1 aliphatic rings. The highest BCUT2D eigenvalue weighted by atomic mass is 16.4. The van der Waals surface area contributed by atoms with E-state index in [4.69, 9.17) is 5.11 Å². The Hall–Kier alpha value is -1.58. The normalized spacial score (nSPS) is 18.8. The van der Waals surface area contributed by atoms with E-state index in [0.29, 0.717) is 0 Å². The van der Waals surface area contributed by atoms with Gasteiger partial charge in [0, 0.05) is 19.3 Å². The lowest BCUT2D eigenvalue weighted by atomic mass is 9.93. The maximum atomic E-state index is 11.1. The highest BCUT2D eigenvalue weighted by molar-refractivity contribution is 5.92. The van der Waals surface area contributed by atoms with Gasteiger partial charge in [0.05, 0.1) is 5.69 Å². The van der Waals surface area contributed by atoms with Crippen molar-refractivity contribution in [2.45, 2.75) is 20.3 Å². The zero-order chi connectivity index (χ0) is 11.8. The topological polar surface area (TPSA) is 53.4 Å². The Morgan fingerprint density at radius 2 is 2.31 bits per heavy atom. The van der Waals surface area contributed by atoms with E-state index >= 15 is 0 Å². The number of aromatic nitrogens is 1. The van der Waals surface area contributed by atoms with Crippen LogP contribution >= 0.6 is 0 Å². The number of aromatic carboxylic acids is 1. The number of hydrogen-bond acceptors (Lipinski definition) is 3. The van der Waals surface area contributed by atoms with Crippen molar-refractivity contribution < 1.29 is 9.90 Å². The molecule has 0 radical (unpaired) electrons. The number of carboxylic acids is 1. The summed E-state index contributed by atoms with van der Waals surface area (Å²) in [5.41, 5.74) is 1.15. The molecule has 0 amide bonds. The van der Waals surface area contributed by atoms with Crippen LogP contribution in [0.5, 0.6) is 0 Å². The number of carbonyl (C=O) groups is 1. The second-order valence-corrected chi connectivity index (χ2v) is 5.01. The second-order valence-electron chi connectivity index (χ2n) is 5.01. The molecule has 1 aliphatic heterocycles. The molecule has 0 aromatic carbocycles. The molecule has 0 atom stereocenters. The van der Waals surface area contributed by atoms with Crippen LogP contribution in [-0.4, -0.2) is 29.1 Å². The van der Waals surface area contributed by atoms with Gasteiger partial charge >= 0.3 is 5.97 Å². The molecule has 4 nitrogen and oxygen atoms in total. The number of carboxylic acid groups (broad SMARTS) is 1. The molecule has 1 aromatic heterocycles. The molecule has 0 aliphatic carbocycles. The SMILES string of the molecule is CC1(C)CCN(c2cccnc2C(=O)O)C1. The fourth-order valence-corrected chi connectivity index (χ4v) is 2.13. The van der Waals surface area contributed by atoms with Crippen LogP contribution in [0.3, 0.4) is 0 Å². The molecule has 2 rings (SSSR count). The van der Waals surface area contributed by atoms with Gasteiger partial charge in [0.2, 0.25) is 0 Å². The number of hydrogen-bond donors (Lipinski definition) is 1. The summed E-state index contributed by atoms with van der Waals surface area (Å²) < 4.78 is 0. The molecule has 1 N–H and O–H groups in total. The molecule has 1 aromatic rings. The first-order chi connectivity index (χ1) is 7.49. The van der Waals surface area contributed by atoms with Crippen LogP contribution in [0.1, 0.15) is 30.8 Å². The van der Waals surface area contributed by atoms with Crippen LogP contribution in [0.2, 0.25) is 0 Å². The Labute approximate surface area is 94.9 Å². The summed E-state index contributed by atoms with van der Waals surface area (Å²) in [6.07, 6.45) is 2.61. The first kappa shape index (κ1) is 10.9. The van der Waals surface area contributed by atoms with E-state index in [-0.39, 0.29) is 11.1 Å². The van der Waals surface area contributed by atoms with E-state index < -0.39 is 5.97 Å². The van der Waals surface area contributed by atoms with Crippen LogP contribution in [0.15, 0.2) is 18.3 Å².